The van der Waals surface area contributed by atoms with E-state index in [0.29, 0.717) is 12.4 Å². The van der Waals surface area contributed by atoms with E-state index >= 15 is 0 Å². The average Bonchev–Trinajstić information content (AvgIpc) is 2.69. The second-order valence-corrected chi connectivity index (χ2v) is 7.10. The lowest BCUT2D eigenvalue weighted by molar-refractivity contribution is 0.114. The molecule has 2 aromatic heterocycles. The van der Waals surface area contributed by atoms with Gasteiger partial charge in [-0.1, -0.05) is 12.1 Å². The van der Waals surface area contributed by atoms with Crippen molar-refractivity contribution in [3.8, 4) is 5.75 Å². The Balaban J connectivity index is 1.40. The Hall–Kier alpha value is -2.86. The molecule has 1 aromatic carbocycles. The van der Waals surface area contributed by atoms with E-state index in [9.17, 15) is 0 Å². The highest BCUT2D eigenvalue weighted by atomic mass is 16.5. The van der Waals surface area contributed by atoms with E-state index in [1.165, 1.54) is 0 Å². The lowest BCUT2D eigenvalue weighted by atomic mass is 10.1. The molecule has 0 radical (unpaired) electrons. The van der Waals surface area contributed by atoms with Crippen LogP contribution in [0.25, 0.3) is 10.8 Å². The van der Waals surface area contributed by atoms with Crippen LogP contribution in [-0.4, -0.2) is 41.1 Å². The maximum absolute atomic E-state index is 6.14. The average molecular weight is 363 g/mol. The van der Waals surface area contributed by atoms with Crippen molar-refractivity contribution in [2.45, 2.75) is 25.5 Å². The van der Waals surface area contributed by atoms with Crippen LogP contribution in [0, 0.1) is 0 Å². The number of nitrogens with one attached hydrogen (secondary N) is 1. The molecule has 3 N–H and O–H groups in total. The van der Waals surface area contributed by atoms with Gasteiger partial charge in [0, 0.05) is 43.5 Å². The SMILES string of the molecule is CN1CCC(Oc2ccnc(NCc3ccc4c(N)nccc4c3)c2)CC1. The summed E-state index contributed by atoms with van der Waals surface area (Å²) in [7, 11) is 2.16. The minimum atomic E-state index is 0.288. The Bertz CT molecular complexity index is 921. The van der Waals surface area contributed by atoms with E-state index < -0.39 is 0 Å². The van der Waals surface area contributed by atoms with Gasteiger partial charge in [-0.25, -0.2) is 9.97 Å². The Labute approximate surface area is 159 Å². The molecule has 0 unspecified atom stereocenters. The highest BCUT2D eigenvalue weighted by Gasteiger charge is 2.18. The van der Waals surface area contributed by atoms with Crippen molar-refractivity contribution in [1.29, 1.82) is 0 Å². The Kier molecular flexibility index (Phi) is 5.07. The Morgan fingerprint density at radius 3 is 2.78 bits per heavy atom. The molecule has 6 nitrogen and oxygen atoms in total. The number of benzene rings is 1. The molecular formula is C21H25N5O. The normalized spacial score (nSPS) is 15.7. The summed E-state index contributed by atoms with van der Waals surface area (Å²) in [5.41, 5.74) is 7.08. The molecule has 3 heterocycles. The lowest BCUT2D eigenvalue weighted by Crippen LogP contribution is -2.35. The van der Waals surface area contributed by atoms with Crippen molar-refractivity contribution in [3.63, 3.8) is 0 Å². The number of hydrogen-bond donors (Lipinski definition) is 2. The van der Waals surface area contributed by atoms with E-state index in [1.54, 1.807) is 12.4 Å². The summed E-state index contributed by atoms with van der Waals surface area (Å²) in [6, 6.07) is 12.1. The minimum Gasteiger partial charge on any atom is -0.490 e. The summed E-state index contributed by atoms with van der Waals surface area (Å²) in [6.07, 6.45) is 5.95. The summed E-state index contributed by atoms with van der Waals surface area (Å²) in [5, 5.41) is 5.45. The fourth-order valence-corrected chi connectivity index (χ4v) is 3.43. The standard InChI is InChI=1S/C21H25N5O/c1-26-10-6-17(7-11-26)27-18-5-9-23-20(13-18)25-14-15-2-3-19-16(12-15)4-8-24-21(19)22/h2-5,8-9,12-13,17H,6-7,10-11,14H2,1H3,(H2,22,24)(H,23,25). The van der Waals surface area contributed by atoms with Crippen LogP contribution in [0.5, 0.6) is 5.75 Å². The summed E-state index contributed by atoms with van der Waals surface area (Å²) in [4.78, 5) is 10.9. The van der Waals surface area contributed by atoms with Gasteiger partial charge in [0.15, 0.2) is 0 Å². The minimum absolute atomic E-state index is 0.288. The highest BCUT2D eigenvalue weighted by molar-refractivity contribution is 5.91. The highest BCUT2D eigenvalue weighted by Crippen LogP contribution is 2.22. The van der Waals surface area contributed by atoms with Crippen LogP contribution in [0.3, 0.4) is 0 Å². The summed E-state index contributed by atoms with van der Waals surface area (Å²) in [5.74, 6) is 2.25. The fraction of sp³-hybridized carbons (Fsp3) is 0.333. The molecule has 0 aliphatic carbocycles. The van der Waals surface area contributed by atoms with Crippen molar-refractivity contribution >= 4 is 22.4 Å². The number of nitrogen functional groups attached to an aromatic ring is 1. The molecule has 0 atom stereocenters. The maximum atomic E-state index is 6.14. The topological polar surface area (TPSA) is 76.3 Å². The molecule has 1 aliphatic heterocycles. The molecule has 140 valence electrons. The number of piperidine rings is 1. The summed E-state index contributed by atoms with van der Waals surface area (Å²) >= 11 is 0. The fourth-order valence-electron chi connectivity index (χ4n) is 3.43. The molecule has 1 saturated heterocycles. The Morgan fingerprint density at radius 2 is 1.93 bits per heavy atom. The van der Waals surface area contributed by atoms with Gasteiger partial charge in [0.2, 0.25) is 0 Å². The van der Waals surface area contributed by atoms with Crippen LogP contribution < -0.4 is 15.8 Å². The molecular weight excluding hydrogens is 338 g/mol. The van der Waals surface area contributed by atoms with Crippen molar-refractivity contribution < 1.29 is 4.74 Å². The zero-order valence-electron chi connectivity index (χ0n) is 15.6. The molecule has 27 heavy (non-hydrogen) atoms. The summed E-state index contributed by atoms with van der Waals surface area (Å²) < 4.78 is 6.14. The predicted octanol–water partition coefficient (Wildman–Crippen LogP) is 3.30. The monoisotopic (exact) mass is 363 g/mol. The molecule has 1 aliphatic rings. The maximum Gasteiger partial charge on any atom is 0.131 e. The molecule has 6 heteroatoms. The third kappa shape index (κ3) is 4.28. The predicted molar refractivity (Wildman–Crippen MR) is 109 cm³/mol. The van der Waals surface area contributed by atoms with Crippen molar-refractivity contribution in [3.05, 3.63) is 54.4 Å². The number of rotatable bonds is 5. The third-order valence-corrected chi connectivity index (χ3v) is 5.03. The number of aromatic nitrogens is 2. The number of fused-ring (bicyclic) bond motifs is 1. The van der Waals surface area contributed by atoms with Gasteiger partial charge in [0.25, 0.3) is 0 Å². The molecule has 0 spiro atoms. The third-order valence-electron chi connectivity index (χ3n) is 5.03. The number of ether oxygens (including phenoxy) is 1. The molecule has 3 aromatic rings. The van der Waals surface area contributed by atoms with Gasteiger partial charge in [-0.2, -0.15) is 0 Å². The largest absolute Gasteiger partial charge is 0.490 e. The second kappa shape index (κ2) is 7.80. The van der Waals surface area contributed by atoms with Crippen molar-refractivity contribution in [2.75, 3.05) is 31.2 Å². The molecule has 0 saturated carbocycles. The first-order valence-electron chi connectivity index (χ1n) is 9.35. The van der Waals surface area contributed by atoms with Gasteiger partial charge in [-0.3, -0.25) is 0 Å². The van der Waals surface area contributed by atoms with E-state index in [1.807, 2.05) is 24.3 Å². The smallest absolute Gasteiger partial charge is 0.131 e. The first kappa shape index (κ1) is 17.5. The van der Waals surface area contributed by atoms with Gasteiger partial charge in [-0.05, 0) is 49.0 Å². The number of hydrogen-bond acceptors (Lipinski definition) is 6. The van der Waals surface area contributed by atoms with Crippen LogP contribution in [0.4, 0.5) is 11.6 Å². The first-order chi connectivity index (χ1) is 13.2. The number of nitrogens with zero attached hydrogens (tertiary/aromatic N) is 3. The zero-order chi connectivity index (χ0) is 18.6. The quantitative estimate of drug-likeness (QED) is 0.724. The number of pyridine rings is 2. The first-order valence-corrected chi connectivity index (χ1v) is 9.35. The van der Waals surface area contributed by atoms with Gasteiger partial charge < -0.3 is 20.7 Å². The Morgan fingerprint density at radius 1 is 1.11 bits per heavy atom. The van der Waals surface area contributed by atoms with Gasteiger partial charge in [0.1, 0.15) is 23.5 Å². The molecule has 4 rings (SSSR count). The lowest BCUT2D eigenvalue weighted by Gasteiger charge is -2.29. The number of nitrogens with two attached hydrogens (primary N) is 1. The summed E-state index contributed by atoms with van der Waals surface area (Å²) in [6.45, 7) is 2.86. The van der Waals surface area contributed by atoms with Gasteiger partial charge in [0.05, 0.1) is 0 Å². The molecule has 0 amide bonds. The molecule has 0 bridgehead atoms. The van der Waals surface area contributed by atoms with Crippen LogP contribution in [-0.2, 0) is 6.54 Å². The second-order valence-electron chi connectivity index (χ2n) is 7.10. The zero-order valence-corrected chi connectivity index (χ0v) is 15.6. The van der Waals surface area contributed by atoms with Crippen molar-refractivity contribution in [2.24, 2.45) is 0 Å². The van der Waals surface area contributed by atoms with Gasteiger partial charge >= 0.3 is 0 Å². The van der Waals surface area contributed by atoms with E-state index in [2.05, 4.69) is 39.4 Å². The van der Waals surface area contributed by atoms with E-state index in [4.69, 9.17) is 10.5 Å². The number of likely N-dealkylation sites (tertiary alicyclic amines) is 1. The molecule has 1 fully saturated rings. The van der Waals surface area contributed by atoms with Crippen molar-refractivity contribution in [1.82, 2.24) is 14.9 Å². The van der Waals surface area contributed by atoms with Crippen LogP contribution in [0.1, 0.15) is 18.4 Å². The van der Waals surface area contributed by atoms with Crippen LogP contribution >= 0.6 is 0 Å². The van der Waals surface area contributed by atoms with Gasteiger partial charge in [-0.15, -0.1) is 0 Å². The van der Waals surface area contributed by atoms with E-state index in [0.717, 1.165) is 53.8 Å². The van der Waals surface area contributed by atoms with E-state index in [-0.39, 0.29) is 6.10 Å². The number of anilines is 2. The van der Waals surface area contributed by atoms with Crippen LogP contribution in [0.15, 0.2) is 48.8 Å². The van der Waals surface area contributed by atoms with Crippen LogP contribution in [0.2, 0.25) is 0 Å².